The van der Waals surface area contributed by atoms with Crippen molar-refractivity contribution in [3.05, 3.63) is 29.8 Å². The molecule has 0 saturated carbocycles. The first-order valence-electron chi connectivity index (χ1n) is 5.74. The minimum atomic E-state index is -0.661. The van der Waals surface area contributed by atoms with Crippen molar-refractivity contribution in [1.82, 2.24) is 0 Å². The van der Waals surface area contributed by atoms with E-state index in [9.17, 15) is 14.7 Å². The molecule has 0 spiro atoms. The zero-order valence-corrected chi connectivity index (χ0v) is 11.5. The summed E-state index contributed by atoms with van der Waals surface area (Å²) in [7, 11) is 4.14. The standard InChI is InChI=1S/C14H16O6/c1-18-12-5-4-9(6-13(12)19-2)11(16)7-10(15)8-14(17)20-3/h4-7,16H,8H2,1-3H3/b11-7-. The van der Waals surface area contributed by atoms with Gasteiger partial charge in [-0.25, -0.2) is 0 Å². The Bertz CT molecular complexity index is 532. The quantitative estimate of drug-likeness (QED) is 0.370. The number of aliphatic hydroxyl groups excluding tert-OH is 1. The van der Waals surface area contributed by atoms with Gasteiger partial charge in [-0.05, 0) is 18.2 Å². The van der Waals surface area contributed by atoms with Gasteiger partial charge in [0.25, 0.3) is 0 Å². The number of aliphatic hydroxyl groups is 1. The fourth-order valence-electron chi connectivity index (χ4n) is 1.50. The maximum atomic E-state index is 11.5. The van der Waals surface area contributed by atoms with Crippen LogP contribution in [0.25, 0.3) is 5.76 Å². The molecule has 0 unspecified atom stereocenters. The molecule has 6 heteroatoms. The van der Waals surface area contributed by atoms with Crippen molar-refractivity contribution in [2.45, 2.75) is 6.42 Å². The topological polar surface area (TPSA) is 82.1 Å². The highest BCUT2D eigenvalue weighted by molar-refractivity contribution is 6.04. The summed E-state index contributed by atoms with van der Waals surface area (Å²) in [6.45, 7) is 0. The lowest BCUT2D eigenvalue weighted by Gasteiger charge is -2.09. The molecule has 1 aromatic carbocycles. The summed E-state index contributed by atoms with van der Waals surface area (Å²) in [5, 5.41) is 9.85. The van der Waals surface area contributed by atoms with Crippen LogP contribution >= 0.6 is 0 Å². The Morgan fingerprint density at radius 2 is 1.80 bits per heavy atom. The van der Waals surface area contributed by atoms with Crippen LogP contribution in [0.5, 0.6) is 11.5 Å². The highest BCUT2D eigenvalue weighted by Crippen LogP contribution is 2.29. The molecule has 1 aromatic rings. The van der Waals surface area contributed by atoms with E-state index in [4.69, 9.17) is 9.47 Å². The maximum Gasteiger partial charge on any atom is 0.313 e. The van der Waals surface area contributed by atoms with E-state index in [0.717, 1.165) is 6.08 Å². The first kappa shape index (κ1) is 15.6. The van der Waals surface area contributed by atoms with Crippen LogP contribution < -0.4 is 9.47 Å². The van der Waals surface area contributed by atoms with Gasteiger partial charge in [0.2, 0.25) is 0 Å². The highest BCUT2D eigenvalue weighted by Gasteiger charge is 2.11. The van der Waals surface area contributed by atoms with Gasteiger partial charge in [-0.1, -0.05) is 0 Å². The molecule has 20 heavy (non-hydrogen) atoms. The van der Waals surface area contributed by atoms with Gasteiger partial charge in [0.15, 0.2) is 17.3 Å². The molecule has 0 bridgehead atoms. The van der Waals surface area contributed by atoms with Crippen molar-refractivity contribution >= 4 is 17.5 Å². The molecule has 0 atom stereocenters. The molecule has 0 aliphatic heterocycles. The van der Waals surface area contributed by atoms with Gasteiger partial charge in [-0.2, -0.15) is 0 Å². The van der Waals surface area contributed by atoms with Crippen LogP contribution in [0.2, 0.25) is 0 Å². The lowest BCUT2D eigenvalue weighted by atomic mass is 10.1. The van der Waals surface area contributed by atoms with Crippen molar-refractivity contribution in [3.8, 4) is 11.5 Å². The van der Waals surface area contributed by atoms with Crippen LogP contribution in [0.15, 0.2) is 24.3 Å². The zero-order chi connectivity index (χ0) is 15.1. The van der Waals surface area contributed by atoms with Gasteiger partial charge in [0.05, 0.1) is 21.3 Å². The van der Waals surface area contributed by atoms with Gasteiger partial charge in [-0.15, -0.1) is 0 Å². The lowest BCUT2D eigenvalue weighted by molar-refractivity contribution is -0.142. The van der Waals surface area contributed by atoms with Crippen molar-refractivity contribution in [3.63, 3.8) is 0 Å². The number of ether oxygens (including phenoxy) is 3. The predicted molar refractivity (Wildman–Crippen MR) is 71.8 cm³/mol. The van der Waals surface area contributed by atoms with E-state index in [2.05, 4.69) is 4.74 Å². The molecular weight excluding hydrogens is 264 g/mol. The van der Waals surface area contributed by atoms with E-state index in [0.29, 0.717) is 17.1 Å². The monoisotopic (exact) mass is 280 g/mol. The Hall–Kier alpha value is -2.50. The lowest BCUT2D eigenvalue weighted by Crippen LogP contribution is -2.07. The van der Waals surface area contributed by atoms with E-state index in [1.54, 1.807) is 12.1 Å². The summed E-state index contributed by atoms with van der Waals surface area (Å²) < 4.78 is 14.5. The number of rotatable bonds is 6. The van der Waals surface area contributed by atoms with Crippen LogP contribution in [-0.4, -0.2) is 38.2 Å². The summed E-state index contributed by atoms with van der Waals surface area (Å²) in [4.78, 5) is 22.4. The molecule has 108 valence electrons. The molecule has 6 nitrogen and oxygen atoms in total. The first-order valence-corrected chi connectivity index (χ1v) is 5.74. The van der Waals surface area contributed by atoms with E-state index in [1.807, 2.05) is 0 Å². The van der Waals surface area contributed by atoms with E-state index in [1.165, 1.54) is 27.4 Å². The second kappa shape index (κ2) is 7.18. The molecule has 0 aliphatic rings. The molecule has 0 aromatic heterocycles. The average molecular weight is 280 g/mol. The Labute approximate surface area is 116 Å². The van der Waals surface area contributed by atoms with Crippen molar-refractivity contribution < 1.29 is 28.9 Å². The van der Waals surface area contributed by atoms with Crippen LogP contribution in [0.4, 0.5) is 0 Å². The molecule has 1 N–H and O–H groups in total. The Balaban J connectivity index is 2.94. The zero-order valence-electron chi connectivity index (χ0n) is 11.5. The Morgan fingerprint density at radius 3 is 2.35 bits per heavy atom. The third-order valence-electron chi connectivity index (χ3n) is 2.52. The fraction of sp³-hybridized carbons (Fsp3) is 0.286. The molecule has 0 heterocycles. The summed E-state index contributed by atoms with van der Waals surface area (Å²) in [6.07, 6.45) is 0.548. The first-order chi connectivity index (χ1) is 9.51. The molecule has 0 fully saturated rings. The number of esters is 1. The normalized spacial score (nSPS) is 10.8. The molecule has 0 aliphatic carbocycles. The largest absolute Gasteiger partial charge is 0.507 e. The fourth-order valence-corrected chi connectivity index (χ4v) is 1.50. The second-order valence-corrected chi connectivity index (χ2v) is 3.82. The van der Waals surface area contributed by atoms with Crippen LogP contribution in [0, 0.1) is 0 Å². The number of hydrogen-bond donors (Lipinski definition) is 1. The van der Waals surface area contributed by atoms with Crippen LogP contribution in [0.3, 0.4) is 0 Å². The summed E-state index contributed by atoms with van der Waals surface area (Å²) in [5.74, 6) is -0.550. The SMILES string of the molecule is COC(=O)CC(=O)/C=C(\O)c1ccc(OC)c(OC)c1. The molecular formula is C14H16O6. The third kappa shape index (κ3) is 4.01. The average Bonchev–Trinajstić information content (AvgIpc) is 2.45. The van der Waals surface area contributed by atoms with Gasteiger partial charge in [-0.3, -0.25) is 9.59 Å². The van der Waals surface area contributed by atoms with Gasteiger partial charge >= 0.3 is 5.97 Å². The number of methoxy groups -OCH3 is 3. The number of carbonyl (C=O) groups is 2. The highest BCUT2D eigenvalue weighted by atomic mass is 16.5. The van der Waals surface area contributed by atoms with E-state index in [-0.39, 0.29) is 5.76 Å². The second-order valence-electron chi connectivity index (χ2n) is 3.82. The summed E-state index contributed by atoms with van der Waals surface area (Å²) in [5.41, 5.74) is 0.376. The molecule has 0 radical (unpaired) electrons. The Kier molecular flexibility index (Phi) is 5.58. The molecule has 0 saturated heterocycles. The van der Waals surface area contributed by atoms with Crippen LogP contribution in [0.1, 0.15) is 12.0 Å². The summed E-state index contributed by atoms with van der Waals surface area (Å²) >= 11 is 0. The minimum Gasteiger partial charge on any atom is -0.507 e. The third-order valence-corrected chi connectivity index (χ3v) is 2.52. The number of hydrogen-bond acceptors (Lipinski definition) is 6. The van der Waals surface area contributed by atoms with Crippen molar-refractivity contribution in [2.24, 2.45) is 0 Å². The molecule has 0 amide bonds. The van der Waals surface area contributed by atoms with Gasteiger partial charge in [0.1, 0.15) is 12.2 Å². The van der Waals surface area contributed by atoms with Gasteiger partial charge in [0, 0.05) is 11.6 Å². The van der Waals surface area contributed by atoms with Crippen LogP contribution in [-0.2, 0) is 14.3 Å². The Morgan fingerprint density at radius 1 is 1.15 bits per heavy atom. The molecule has 1 rings (SSSR count). The van der Waals surface area contributed by atoms with E-state index < -0.39 is 18.2 Å². The summed E-state index contributed by atoms with van der Waals surface area (Å²) in [6, 6.07) is 4.69. The predicted octanol–water partition coefficient (Wildman–Crippen LogP) is 1.73. The smallest absolute Gasteiger partial charge is 0.313 e. The van der Waals surface area contributed by atoms with Gasteiger partial charge < -0.3 is 19.3 Å². The maximum absolute atomic E-state index is 11.5. The number of benzene rings is 1. The number of allylic oxidation sites excluding steroid dienone is 1. The number of ketones is 1. The van der Waals surface area contributed by atoms with Crippen molar-refractivity contribution in [2.75, 3.05) is 21.3 Å². The minimum absolute atomic E-state index is 0.264. The van der Waals surface area contributed by atoms with E-state index >= 15 is 0 Å². The number of carbonyl (C=O) groups excluding carboxylic acids is 2. The van der Waals surface area contributed by atoms with Crippen molar-refractivity contribution in [1.29, 1.82) is 0 Å².